The Kier molecular flexibility index (Phi) is 5.57. The van der Waals surface area contributed by atoms with Gasteiger partial charge in [-0.05, 0) is 29.8 Å². The molecule has 3 heterocycles. The molecule has 2 aliphatic heterocycles. The van der Waals surface area contributed by atoms with Crippen molar-refractivity contribution in [3.05, 3.63) is 47.9 Å². The number of amides is 1. The Bertz CT molecular complexity index is 915. The number of nitrogens with zero attached hydrogens (tertiary/aromatic N) is 3. The van der Waals surface area contributed by atoms with E-state index in [0.29, 0.717) is 25.4 Å². The molecule has 1 fully saturated rings. The average Bonchev–Trinajstić information content (AvgIpc) is 3.45. The summed E-state index contributed by atoms with van der Waals surface area (Å²) in [6, 6.07) is 9.52. The summed E-state index contributed by atoms with van der Waals surface area (Å²) in [6.07, 6.45) is 1.52. The van der Waals surface area contributed by atoms with Crippen LogP contribution in [0, 0.1) is 0 Å². The molecule has 0 spiro atoms. The number of aliphatic imine (C=N–C) groups is 1. The molecule has 0 unspecified atom stereocenters. The van der Waals surface area contributed by atoms with Gasteiger partial charge in [0.2, 0.25) is 6.79 Å². The summed E-state index contributed by atoms with van der Waals surface area (Å²) in [6.45, 7) is 8.06. The SMILES string of the molecule is CN=C(NCC(C)(C)c1ccc2c(c1)OCO2)N1CCN(C(=O)c2ccco2)CC1. The summed E-state index contributed by atoms with van der Waals surface area (Å²) in [5.74, 6) is 2.75. The number of carbonyl (C=O) groups excluding carboxylic acids is 1. The minimum Gasteiger partial charge on any atom is -0.459 e. The number of rotatable bonds is 4. The van der Waals surface area contributed by atoms with Crippen LogP contribution in [0.3, 0.4) is 0 Å². The van der Waals surface area contributed by atoms with Gasteiger partial charge in [-0.3, -0.25) is 9.79 Å². The number of piperazine rings is 1. The van der Waals surface area contributed by atoms with Crippen molar-refractivity contribution in [2.75, 3.05) is 46.6 Å². The molecule has 8 heteroatoms. The van der Waals surface area contributed by atoms with Crippen molar-refractivity contribution in [2.45, 2.75) is 19.3 Å². The fourth-order valence-corrected chi connectivity index (χ4v) is 3.73. The maximum atomic E-state index is 12.5. The van der Waals surface area contributed by atoms with Gasteiger partial charge in [0.25, 0.3) is 5.91 Å². The number of guanidine groups is 1. The predicted octanol–water partition coefficient (Wildman–Crippen LogP) is 2.32. The zero-order valence-electron chi connectivity index (χ0n) is 17.7. The maximum absolute atomic E-state index is 12.5. The van der Waals surface area contributed by atoms with Crippen molar-refractivity contribution in [1.82, 2.24) is 15.1 Å². The summed E-state index contributed by atoms with van der Waals surface area (Å²) >= 11 is 0. The molecule has 1 amide bonds. The molecule has 2 aliphatic rings. The molecule has 1 aromatic heterocycles. The van der Waals surface area contributed by atoms with E-state index in [4.69, 9.17) is 13.9 Å². The van der Waals surface area contributed by atoms with Crippen LogP contribution in [0.25, 0.3) is 0 Å². The summed E-state index contributed by atoms with van der Waals surface area (Å²) in [5, 5.41) is 3.50. The van der Waals surface area contributed by atoms with Crippen molar-refractivity contribution < 1.29 is 18.7 Å². The molecular weight excluding hydrogens is 384 g/mol. The summed E-state index contributed by atoms with van der Waals surface area (Å²) < 4.78 is 16.2. The summed E-state index contributed by atoms with van der Waals surface area (Å²) in [4.78, 5) is 20.9. The number of hydrogen-bond acceptors (Lipinski definition) is 5. The van der Waals surface area contributed by atoms with Crippen molar-refractivity contribution in [2.24, 2.45) is 4.99 Å². The minimum absolute atomic E-state index is 0.0634. The highest BCUT2D eigenvalue weighted by atomic mass is 16.7. The standard InChI is InChI=1S/C22H28N4O4/c1-22(2,16-6-7-17-19(13-16)30-15-29-17)14-24-21(23-3)26-10-8-25(9-11-26)20(27)18-5-4-12-28-18/h4-7,12-13H,8-11,14-15H2,1-3H3,(H,23,24). The second-order valence-corrected chi connectivity index (χ2v) is 8.11. The van der Waals surface area contributed by atoms with Crippen molar-refractivity contribution in [3.63, 3.8) is 0 Å². The Morgan fingerprint density at radius 3 is 2.53 bits per heavy atom. The molecule has 0 saturated carbocycles. The van der Waals surface area contributed by atoms with Gasteiger partial charge in [0, 0.05) is 45.2 Å². The van der Waals surface area contributed by atoms with Crippen LogP contribution in [0.1, 0.15) is 30.0 Å². The second-order valence-electron chi connectivity index (χ2n) is 8.11. The smallest absolute Gasteiger partial charge is 0.289 e. The number of carbonyl (C=O) groups is 1. The van der Waals surface area contributed by atoms with Crippen LogP contribution in [0.5, 0.6) is 11.5 Å². The van der Waals surface area contributed by atoms with Crippen LogP contribution in [-0.4, -0.2) is 68.2 Å². The minimum atomic E-state index is -0.131. The summed E-state index contributed by atoms with van der Waals surface area (Å²) in [7, 11) is 1.79. The lowest BCUT2D eigenvalue weighted by Gasteiger charge is -2.37. The zero-order chi connectivity index (χ0) is 21.1. The Labute approximate surface area is 176 Å². The van der Waals surface area contributed by atoms with Crippen LogP contribution in [0.2, 0.25) is 0 Å². The van der Waals surface area contributed by atoms with Gasteiger partial charge in [-0.15, -0.1) is 0 Å². The fourth-order valence-electron chi connectivity index (χ4n) is 3.73. The molecule has 160 valence electrons. The van der Waals surface area contributed by atoms with Crippen LogP contribution in [0.15, 0.2) is 46.0 Å². The van der Waals surface area contributed by atoms with Gasteiger partial charge in [-0.2, -0.15) is 0 Å². The summed E-state index contributed by atoms with van der Waals surface area (Å²) in [5.41, 5.74) is 1.04. The van der Waals surface area contributed by atoms with Crippen molar-refractivity contribution >= 4 is 11.9 Å². The highest BCUT2D eigenvalue weighted by molar-refractivity contribution is 5.91. The van der Waals surface area contributed by atoms with Gasteiger partial charge < -0.3 is 29.0 Å². The van der Waals surface area contributed by atoms with Gasteiger partial charge in [0.1, 0.15) is 0 Å². The topological polar surface area (TPSA) is 79.5 Å². The molecule has 1 aromatic carbocycles. The first-order chi connectivity index (χ1) is 14.5. The number of fused-ring (bicyclic) bond motifs is 1. The number of hydrogen-bond donors (Lipinski definition) is 1. The van der Waals surface area contributed by atoms with E-state index in [0.717, 1.165) is 30.5 Å². The third-order valence-electron chi connectivity index (χ3n) is 5.65. The highest BCUT2D eigenvalue weighted by Gasteiger charge is 2.28. The molecule has 1 saturated heterocycles. The monoisotopic (exact) mass is 412 g/mol. The second kappa shape index (κ2) is 8.30. The van der Waals surface area contributed by atoms with Crippen LogP contribution >= 0.6 is 0 Å². The number of benzene rings is 1. The average molecular weight is 412 g/mol. The van der Waals surface area contributed by atoms with E-state index >= 15 is 0 Å². The van der Waals surface area contributed by atoms with Gasteiger partial charge >= 0.3 is 0 Å². The normalized spacial score (nSPS) is 16.7. The molecule has 1 N–H and O–H groups in total. The van der Waals surface area contributed by atoms with E-state index in [-0.39, 0.29) is 18.1 Å². The van der Waals surface area contributed by atoms with Crippen LogP contribution in [-0.2, 0) is 5.41 Å². The van der Waals surface area contributed by atoms with Crippen LogP contribution < -0.4 is 14.8 Å². The van der Waals surface area contributed by atoms with E-state index in [2.05, 4.69) is 35.1 Å². The van der Waals surface area contributed by atoms with Crippen molar-refractivity contribution in [1.29, 1.82) is 0 Å². The first-order valence-corrected chi connectivity index (χ1v) is 10.2. The van der Waals surface area contributed by atoms with Gasteiger partial charge in [0.15, 0.2) is 23.2 Å². The lowest BCUT2D eigenvalue weighted by Crippen LogP contribution is -2.54. The van der Waals surface area contributed by atoms with Crippen LogP contribution in [0.4, 0.5) is 0 Å². The quantitative estimate of drug-likeness (QED) is 0.613. The van der Waals surface area contributed by atoms with E-state index in [1.54, 1.807) is 19.2 Å². The van der Waals surface area contributed by atoms with E-state index < -0.39 is 0 Å². The lowest BCUT2D eigenvalue weighted by atomic mass is 9.84. The molecule has 8 nitrogen and oxygen atoms in total. The molecule has 30 heavy (non-hydrogen) atoms. The number of furan rings is 1. The molecule has 0 aliphatic carbocycles. The Morgan fingerprint density at radius 1 is 1.10 bits per heavy atom. The Hall–Kier alpha value is -3.16. The largest absolute Gasteiger partial charge is 0.459 e. The Balaban J connectivity index is 1.33. The Morgan fingerprint density at radius 2 is 1.83 bits per heavy atom. The molecular formula is C22H28N4O4. The van der Waals surface area contributed by atoms with Gasteiger partial charge in [0.05, 0.1) is 6.26 Å². The number of ether oxygens (including phenoxy) is 2. The molecule has 2 aromatic rings. The van der Waals surface area contributed by atoms with E-state index in [9.17, 15) is 4.79 Å². The fraction of sp³-hybridized carbons (Fsp3) is 0.455. The molecule has 0 radical (unpaired) electrons. The predicted molar refractivity (Wildman–Crippen MR) is 113 cm³/mol. The van der Waals surface area contributed by atoms with E-state index in [1.807, 2.05) is 17.0 Å². The lowest BCUT2D eigenvalue weighted by molar-refractivity contribution is 0.0657. The molecule has 0 bridgehead atoms. The first-order valence-electron chi connectivity index (χ1n) is 10.2. The van der Waals surface area contributed by atoms with Gasteiger partial charge in [-0.1, -0.05) is 19.9 Å². The van der Waals surface area contributed by atoms with Crippen molar-refractivity contribution in [3.8, 4) is 11.5 Å². The molecule has 0 atom stereocenters. The van der Waals surface area contributed by atoms with E-state index in [1.165, 1.54) is 11.8 Å². The number of nitrogens with one attached hydrogen (secondary N) is 1. The third-order valence-corrected chi connectivity index (χ3v) is 5.65. The third kappa shape index (κ3) is 4.08. The highest BCUT2D eigenvalue weighted by Crippen LogP contribution is 2.36. The maximum Gasteiger partial charge on any atom is 0.289 e. The zero-order valence-corrected chi connectivity index (χ0v) is 17.7. The first kappa shape index (κ1) is 20.1. The molecule has 4 rings (SSSR count). The van der Waals surface area contributed by atoms with Gasteiger partial charge in [-0.25, -0.2) is 0 Å².